The van der Waals surface area contributed by atoms with E-state index in [9.17, 15) is 4.79 Å². The summed E-state index contributed by atoms with van der Waals surface area (Å²) in [6.07, 6.45) is 1.75. The Morgan fingerprint density at radius 3 is 2.80 bits per heavy atom. The van der Waals surface area contributed by atoms with Crippen molar-refractivity contribution < 1.29 is 0 Å². The molecule has 4 N–H and O–H groups in total. The van der Waals surface area contributed by atoms with Crippen LogP contribution in [0.25, 0.3) is 10.9 Å². The van der Waals surface area contributed by atoms with Gasteiger partial charge in [-0.15, -0.1) is 0 Å². The summed E-state index contributed by atoms with van der Waals surface area (Å²) in [6, 6.07) is 5.43. The highest BCUT2D eigenvalue weighted by atomic mass is 16.1. The molecule has 0 bridgehead atoms. The van der Waals surface area contributed by atoms with E-state index in [2.05, 4.69) is 0 Å². The fraction of sp³-hybridized carbons (Fsp3) is 0.182. The zero-order chi connectivity index (χ0) is 11.0. The highest BCUT2D eigenvalue weighted by Gasteiger charge is 2.08. The maximum Gasteiger partial charge on any atom is 0.195 e. The van der Waals surface area contributed by atoms with Crippen molar-refractivity contribution in [2.75, 3.05) is 5.73 Å². The first-order valence-electron chi connectivity index (χ1n) is 4.72. The quantitative estimate of drug-likeness (QED) is 0.666. The highest BCUT2D eigenvalue weighted by Crippen LogP contribution is 2.17. The third-order valence-electron chi connectivity index (χ3n) is 2.54. The van der Waals surface area contributed by atoms with E-state index >= 15 is 0 Å². The van der Waals surface area contributed by atoms with Gasteiger partial charge in [0.05, 0.1) is 10.9 Å². The average molecular weight is 203 g/mol. The van der Waals surface area contributed by atoms with Crippen LogP contribution < -0.4 is 16.9 Å². The summed E-state index contributed by atoms with van der Waals surface area (Å²) in [4.78, 5) is 12.0. The SMILES string of the molecule is Cn1cc(CN)c(=O)c2c(N)cccc21. The molecular formula is C11H13N3O. The number of nitrogen functional groups attached to an aromatic ring is 1. The molecule has 0 amide bonds. The molecule has 0 aliphatic carbocycles. The van der Waals surface area contributed by atoms with Gasteiger partial charge in [-0.1, -0.05) is 6.07 Å². The highest BCUT2D eigenvalue weighted by molar-refractivity contribution is 5.90. The van der Waals surface area contributed by atoms with Crippen molar-refractivity contribution in [2.24, 2.45) is 12.8 Å². The van der Waals surface area contributed by atoms with Crippen LogP contribution in [0.5, 0.6) is 0 Å². The summed E-state index contributed by atoms with van der Waals surface area (Å²) in [5.74, 6) is 0. The van der Waals surface area contributed by atoms with Crippen molar-refractivity contribution in [3.8, 4) is 0 Å². The van der Waals surface area contributed by atoms with Crippen molar-refractivity contribution in [1.82, 2.24) is 4.57 Å². The van der Waals surface area contributed by atoms with Crippen molar-refractivity contribution in [1.29, 1.82) is 0 Å². The average Bonchev–Trinajstić information content (AvgIpc) is 2.23. The molecule has 0 saturated heterocycles. The van der Waals surface area contributed by atoms with Gasteiger partial charge in [-0.05, 0) is 12.1 Å². The second-order valence-electron chi connectivity index (χ2n) is 3.54. The van der Waals surface area contributed by atoms with Gasteiger partial charge in [0.2, 0.25) is 0 Å². The summed E-state index contributed by atoms with van der Waals surface area (Å²) in [5, 5.41) is 0.558. The third kappa shape index (κ3) is 1.39. The van der Waals surface area contributed by atoms with Crippen LogP contribution in [0.2, 0.25) is 0 Å². The monoisotopic (exact) mass is 203 g/mol. The lowest BCUT2D eigenvalue weighted by Crippen LogP contribution is -2.17. The Labute approximate surface area is 87.1 Å². The Morgan fingerprint density at radius 2 is 2.13 bits per heavy atom. The van der Waals surface area contributed by atoms with E-state index in [1.165, 1.54) is 0 Å². The van der Waals surface area contributed by atoms with Crippen molar-refractivity contribution in [3.63, 3.8) is 0 Å². The summed E-state index contributed by atoms with van der Waals surface area (Å²) < 4.78 is 1.87. The summed E-state index contributed by atoms with van der Waals surface area (Å²) in [6.45, 7) is 0.233. The second-order valence-corrected chi connectivity index (χ2v) is 3.54. The zero-order valence-electron chi connectivity index (χ0n) is 8.53. The molecule has 4 nitrogen and oxygen atoms in total. The summed E-state index contributed by atoms with van der Waals surface area (Å²) in [7, 11) is 1.88. The van der Waals surface area contributed by atoms with Crippen LogP contribution in [0.15, 0.2) is 29.2 Å². The van der Waals surface area contributed by atoms with Crippen molar-refractivity contribution >= 4 is 16.6 Å². The van der Waals surface area contributed by atoms with E-state index in [-0.39, 0.29) is 12.0 Å². The number of fused-ring (bicyclic) bond motifs is 1. The normalized spacial score (nSPS) is 10.8. The van der Waals surface area contributed by atoms with E-state index < -0.39 is 0 Å². The van der Waals surface area contributed by atoms with Crippen LogP contribution in [0.4, 0.5) is 5.69 Å². The van der Waals surface area contributed by atoms with Crippen LogP contribution in [0.1, 0.15) is 5.56 Å². The summed E-state index contributed by atoms with van der Waals surface area (Å²) >= 11 is 0. The Hall–Kier alpha value is -1.81. The molecule has 15 heavy (non-hydrogen) atoms. The lowest BCUT2D eigenvalue weighted by molar-refractivity contribution is 0.912. The maximum atomic E-state index is 12.0. The zero-order valence-corrected chi connectivity index (χ0v) is 8.53. The Balaban J connectivity index is 3.02. The van der Waals surface area contributed by atoms with Gasteiger partial charge in [0.25, 0.3) is 0 Å². The molecule has 1 aromatic heterocycles. The van der Waals surface area contributed by atoms with Crippen LogP contribution in [0, 0.1) is 0 Å². The van der Waals surface area contributed by atoms with Gasteiger partial charge < -0.3 is 16.0 Å². The lowest BCUT2D eigenvalue weighted by atomic mass is 10.1. The van der Waals surface area contributed by atoms with Crippen LogP contribution in [0.3, 0.4) is 0 Å². The van der Waals surface area contributed by atoms with Gasteiger partial charge in [-0.3, -0.25) is 4.79 Å². The van der Waals surface area contributed by atoms with Gasteiger partial charge in [-0.2, -0.15) is 0 Å². The fourth-order valence-corrected chi connectivity index (χ4v) is 1.77. The molecule has 0 atom stereocenters. The number of hydrogen-bond acceptors (Lipinski definition) is 3. The summed E-state index contributed by atoms with van der Waals surface area (Å²) in [5.41, 5.74) is 13.2. The number of nitrogens with zero attached hydrogens (tertiary/aromatic N) is 1. The minimum Gasteiger partial charge on any atom is -0.398 e. The second kappa shape index (κ2) is 3.40. The molecule has 0 fully saturated rings. The third-order valence-corrected chi connectivity index (χ3v) is 2.54. The first kappa shape index (κ1) is 9.73. The molecule has 0 aliphatic heterocycles. The smallest absolute Gasteiger partial charge is 0.195 e. The first-order chi connectivity index (χ1) is 7.15. The number of benzene rings is 1. The Bertz CT molecular complexity index is 572. The maximum absolute atomic E-state index is 12.0. The van der Waals surface area contributed by atoms with E-state index in [1.54, 1.807) is 12.3 Å². The number of pyridine rings is 1. The topological polar surface area (TPSA) is 74.0 Å². The van der Waals surface area contributed by atoms with Crippen LogP contribution in [-0.4, -0.2) is 4.57 Å². The minimum atomic E-state index is -0.0660. The molecule has 78 valence electrons. The van der Waals surface area contributed by atoms with Gasteiger partial charge >= 0.3 is 0 Å². The van der Waals surface area contributed by atoms with E-state index in [1.807, 2.05) is 23.7 Å². The van der Waals surface area contributed by atoms with Crippen molar-refractivity contribution in [2.45, 2.75) is 6.54 Å². The molecule has 0 aliphatic rings. The predicted octanol–water partition coefficient (Wildman–Crippen LogP) is 0.579. The molecular weight excluding hydrogens is 190 g/mol. The first-order valence-corrected chi connectivity index (χ1v) is 4.72. The Kier molecular flexibility index (Phi) is 2.21. The largest absolute Gasteiger partial charge is 0.398 e. The van der Waals surface area contributed by atoms with E-state index in [0.29, 0.717) is 16.6 Å². The van der Waals surface area contributed by atoms with Gasteiger partial charge in [0, 0.05) is 31.0 Å². The Morgan fingerprint density at radius 1 is 1.40 bits per heavy atom. The number of aryl methyl sites for hydroxylation is 1. The number of nitrogens with two attached hydrogens (primary N) is 2. The molecule has 1 heterocycles. The lowest BCUT2D eigenvalue weighted by Gasteiger charge is -2.09. The number of hydrogen-bond donors (Lipinski definition) is 2. The molecule has 1 aromatic carbocycles. The predicted molar refractivity (Wildman–Crippen MR) is 61.5 cm³/mol. The molecule has 0 radical (unpaired) electrons. The molecule has 2 rings (SSSR count). The molecule has 0 spiro atoms. The van der Waals surface area contributed by atoms with Crippen LogP contribution >= 0.6 is 0 Å². The van der Waals surface area contributed by atoms with E-state index in [0.717, 1.165) is 5.52 Å². The number of anilines is 1. The van der Waals surface area contributed by atoms with Crippen molar-refractivity contribution in [3.05, 3.63) is 40.2 Å². The van der Waals surface area contributed by atoms with Gasteiger partial charge in [0.1, 0.15) is 0 Å². The number of aromatic nitrogens is 1. The molecule has 2 aromatic rings. The standard InChI is InChI=1S/C11H13N3O/c1-14-6-7(5-12)11(15)10-8(13)3-2-4-9(10)14/h2-4,6H,5,12-13H2,1H3. The van der Waals surface area contributed by atoms with Gasteiger partial charge in [-0.25, -0.2) is 0 Å². The number of rotatable bonds is 1. The van der Waals surface area contributed by atoms with E-state index in [4.69, 9.17) is 11.5 Å². The molecule has 0 unspecified atom stereocenters. The fourth-order valence-electron chi connectivity index (χ4n) is 1.77. The minimum absolute atomic E-state index is 0.0660. The van der Waals surface area contributed by atoms with Crippen LogP contribution in [-0.2, 0) is 13.6 Å². The molecule has 4 heteroatoms. The molecule has 0 saturated carbocycles. The van der Waals surface area contributed by atoms with Gasteiger partial charge in [0.15, 0.2) is 5.43 Å².